The van der Waals surface area contributed by atoms with Crippen molar-refractivity contribution in [3.8, 4) is 11.1 Å². The van der Waals surface area contributed by atoms with Gasteiger partial charge in [0.2, 0.25) is 10.0 Å². The minimum Gasteiger partial charge on any atom is -0.481 e. The maximum Gasteiger partial charge on any atom is 0.314 e. The van der Waals surface area contributed by atoms with Crippen molar-refractivity contribution in [1.29, 1.82) is 0 Å². The van der Waals surface area contributed by atoms with E-state index in [4.69, 9.17) is 0 Å². The van der Waals surface area contributed by atoms with Gasteiger partial charge < -0.3 is 5.11 Å². The number of aliphatic imine (C=N–C) groups is 1. The van der Waals surface area contributed by atoms with Gasteiger partial charge in [0, 0.05) is 11.4 Å². The summed E-state index contributed by atoms with van der Waals surface area (Å²) in [5.74, 6) is -1.71. The first-order chi connectivity index (χ1) is 14.2. The Hall–Kier alpha value is -3.60. The van der Waals surface area contributed by atoms with Crippen molar-refractivity contribution in [2.24, 2.45) is 10.9 Å². The second-order valence-corrected chi connectivity index (χ2v) is 8.72. The van der Waals surface area contributed by atoms with Crippen LogP contribution in [0.5, 0.6) is 0 Å². The summed E-state index contributed by atoms with van der Waals surface area (Å²) in [6, 6.07) is 13.5. The molecule has 0 spiro atoms. The normalized spacial score (nSPS) is 18.4. The van der Waals surface area contributed by atoms with Crippen LogP contribution in [0.3, 0.4) is 0 Å². The van der Waals surface area contributed by atoms with Crippen LogP contribution in [-0.4, -0.2) is 51.7 Å². The van der Waals surface area contributed by atoms with Gasteiger partial charge >= 0.3 is 5.97 Å². The van der Waals surface area contributed by atoms with E-state index < -0.39 is 28.0 Å². The highest BCUT2D eigenvalue weighted by Gasteiger charge is 2.40. The molecule has 0 radical (unpaired) electrons. The summed E-state index contributed by atoms with van der Waals surface area (Å²) in [5.41, 5.74) is 3.15. The minimum absolute atomic E-state index is 0.248. The summed E-state index contributed by atoms with van der Waals surface area (Å²) in [5, 5.41) is 21.4. The van der Waals surface area contributed by atoms with E-state index in [0.29, 0.717) is 11.4 Å². The van der Waals surface area contributed by atoms with E-state index >= 15 is 0 Å². The highest BCUT2D eigenvalue weighted by atomic mass is 32.2. The molecular weight excluding hydrogens is 408 g/mol. The largest absolute Gasteiger partial charge is 0.481 e. The van der Waals surface area contributed by atoms with Crippen LogP contribution in [0.4, 0.5) is 11.6 Å². The third kappa shape index (κ3) is 3.66. The summed E-state index contributed by atoms with van der Waals surface area (Å²) in [6.45, 7) is 1.65. The average molecular weight is 426 g/mol. The molecule has 1 aromatic heterocycles. The van der Waals surface area contributed by atoms with Gasteiger partial charge in [-0.05, 0) is 46.2 Å². The van der Waals surface area contributed by atoms with Crippen LogP contribution in [0.1, 0.15) is 18.5 Å². The summed E-state index contributed by atoms with van der Waals surface area (Å²) in [6.07, 6.45) is 1.08. The molecule has 30 heavy (non-hydrogen) atoms. The molecule has 0 aliphatic carbocycles. The number of tetrazole rings is 1. The van der Waals surface area contributed by atoms with Crippen LogP contribution in [0.25, 0.3) is 11.1 Å². The minimum atomic E-state index is -3.38. The van der Waals surface area contributed by atoms with Gasteiger partial charge in [-0.1, -0.05) is 41.5 Å². The molecule has 0 saturated heterocycles. The number of nitrogens with one attached hydrogen (secondary N) is 1. The van der Waals surface area contributed by atoms with Crippen molar-refractivity contribution in [3.63, 3.8) is 0 Å². The fourth-order valence-electron chi connectivity index (χ4n) is 3.61. The van der Waals surface area contributed by atoms with Gasteiger partial charge in [-0.2, -0.15) is 0 Å². The van der Waals surface area contributed by atoms with Gasteiger partial charge in [0.25, 0.3) is 5.95 Å². The number of hydrogen-bond donors (Lipinski definition) is 2. The smallest absolute Gasteiger partial charge is 0.314 e. The first kappa shape index (κ1) is 19.7. The average Bonchev–Trinajstić information content (AvgIpc) is 3.14. The predicted octanol–water partition coefficient (Wildman–Crippen LogP) is 2.11. The molecule has 1 aliphatic rings. The molecule has 11 heteroatoms. The van der Waals surface area contributed by atoms with Gasteiger partial charge in [-0.3, -0.25) is 9.52 Å². The number of carboxylic acids is 1. The Kier molecular flexibility index (Phi) is 4.82. The number of carboxylic acid groups (broad SMARTS) is 1. The van der Waals surface area contributed by atoms with Crippen LogP contribution in [0, 0.1) is 5.92 Å². The molecule has 10 nitrogen and oxygen atoms in total. The number of hydrogen-bond acceptors (Lipinski definition) is 7. The van der Waals surface area contributed by atoms with Crippen LogP contribution in [-0.2, 0) is 14.8 Å². The van der Waals surface area contributed by atoms with Crippen molar-refractivity contribution in [2.75, 3.05) is 11.0 Å². The van der Waals surface area contributed by atoms with Crippen LogP contribution < -0.4 is 4.72 Å². The fourth-order valence-corrected chi connectivity index (χ4v) is 4.18. The molecule has 0 bridgehead atoms. The number of sulfonamides is 1. The molecule has 1 aliphatic heterocycles. The summed E-state index contributed by atoms with van der Waals surface area (Å²) in [4.78, 5) is 16.3. The monoisotopic (exact) mass is 426 g/mol. The van der Waals surface area contributed by atoms with Crippen molar-refractivity contribution in [2.45, 2.75) is 13.0 Å². The Bertz CT molecular complexity index is 1250. The molecule has 2 aromatic carbocycles. The number of carbonyl (C=O) groups is 1. The molecular formula is C19H18N6O4S. The number of benzene rings is 2. The quantitative estimate of drug-likeness (QED) is 0.637. The standard InChI is InChI=1S/C19H18N6O4S/c1-11-16(18(26)27)17(25-19(20-11)21-23-24-25)15-6-4-3-5-14(15)12-7-9-13(10-8-12)22-30(2,28)29/h3-10,16-17,22H,1-2H3,(H,26,27). The molecule has 0 fully saturated rings. The lowest BCUT2D eigenvalue weighted by Gasteiger charge is -2.29. The Morgan fingerprint density at radius 1 is 1.13 bits per heavy atom. The number of rotatable bonds is 5. The number of anilines is 1. The van der Waals surface area contributed by atoms with E-state index in [1.807, 2.05) is 24.3 Å². The lowest BCUT2D eigenvalue weighted by atomic mass is 9.84. The van der Waals surface area contributed by atoms with Crippen LogP contribution in [0.2, 0.25) is 0 Å². The van der Waals surface area contributed by atoms with Crippen LogP contribution in [0.15, 0.2) is 53.5 Å². The zero-order valence-electron chi connectivity index (χ0n) is 16.1. The molecule has 2 atom stereocenters. The third-order valence-corrected chi connectivity index (χ3v) is 5.43. The molecule has 3 aromatic rings. The SMILES string of the molecule is CC1=Nc2nnnn2C(c2ccccc2-c2ccc(NS(C)(=O)=O)cc2)C1C(=O)O. The molecule has 0 saturated carbocycles. The maximum absolute atomic E-state index is 12.1. The number of fused-ring (bicyclic) bond motifs is 1. The second kappa shape index (κ2) is 7.34. The van der Waals surface area contributed by atoms with Gasteiger partial charge in [0.1, 0.15) is 12.0 Å². The lowest BCUT2D eigenvalue weighted by molar-refractivity contribution is -0.140. The Balaban J connectivity index is 1.82. The number of aromatic nitrogens is 4. The van der Waals surface area contributed by atoms with E-state index in [1.165, 1.54) is 4.68 Å². The highest BCUT2D eigenvalue weighted by molar-refractivity contribution is 7.92. The molecule has 154 valence electrons. The summed E-state index contributed by atoms with van der Waals surface area (Å²) >= 11 is 0. The molecule has 0 amide bonds. The first-order valence-corrected chi connectivity index (χ1v) is 10.9. The second-order valence-electron chi connectivity index (χ2n) is 6.98. The molecule has 2 heterocycles. The van der Waals surface area contributed by atoms with Crippen molar-refractivity contribution < 1.29 is 18.3 Å². The third-order valence-electron chi connectivity index (χ3n) is 4.83. The number of nitrogens with zero attached hydrogens (tertiary/aromatic N) is 5. The van der Waals surface area contributed by atoms with Crippen LogP contribution >= 0.6 is 0 Å². The maximum atomic E-state index is 12.1. The number of aliphatic carboxylic acids is 1. The van der Waals surface area contributed by atoms with Gasteiger partial charge in [0.05, 0.1) is 6.26 Å². The molecule has 2 unspecified atom stereocenters. The Morgan fingerprint density at radius 2 is 1.83 bits per heavy atom. The van der Waals surface area contributed by atoms with E-state index in [0.717, 1.165) is 22.9 Å². The molecule has 2 N–H and O–H groups in total. The van der Waals surface area contributed by atoms with Gasteiger partial charge in [-0.15, -0.1) is 0 Å². The van der Waals surface area contributed by atoms with Gasteiger partial charge in [0.15, 0.2) is 0 Å². The van der Waals surface area contributed by atoms with E-state index in [-0.39, 0.29) is 5.95 Å². The topological polar surface area (TPSA) is 139 Å². The van der Waals surface area contributed by atoms with E-state index in [9.17, 15) is 18.3 Å². The predicted molar refractivity (Wildman–Crippen MR) is 110 cm³/mol. The molecule has 4 rings (SSSR count). The zero-order chi connectivity index (χ0) is 21.5. The van der Waals surface area contributed by atoms with Gasteiger partial charge in [-0.25, -0.2) is 18.1 Å². The lowest BCUT2D eigenvalue weighted by Crippen LogP contribution is -2.36. The van der Waals surface area contributed by atoms with Crippen molar-refractivity contribution in [1.82, 2.24) is 20.2 Å². The summed E-state index contributed by atoms with van der Waals surface area (Å²) < 4.78 is 26.7. The van der Waals surface area contributed by atoms with E-state index in [1.54, 1.807) is 31.2 Å². The zero-order valence-corrected chi connectivity index (χ0v) is 16.9. The highest BCUT2D eigenvalue weighted by Crippen LogP contribution is 2.39. The van der Waals surface area contributed by atoms with Crippen molar-refractivity contribution in [3.05, 3.63) is 54.1 Å². The Labute approximate surface area is 172 Å². The summed E-state index contributed by atoms with van der Waals surface area (Å²) in [7, 11) is -3.38. The van der Waals surface area contributed by atoms with Crippen molar-refractivity contribution >= 4 is 33.3 Å². The fraction of sp³-hybridized carbons (Fsp3) is 0.211. The van der Waals surface area contributed by atoms with E-state index in [2.05, 4.69) is 25.2 Å². The first-order valence-electron chi connectivity index (χ1n) is 8.97. The Morgan fingerprint density at radius 3 is 2.50 bits per heavy atom.